The summed E-state index contributed by atoms with van der Waals surface area (Å²) in [4.78, 5) is 0. The largest absolute Gasteiger partial charge is 0.0683 e. The third-order valence-corrected chi connectivity index (χ3v) is 9.32. The number of hydrogen-bond acceptors (Lipinski definition) is 0. The average molecular weight is 629 g/mol. The minimum absolute atomic E-state index is 1.26. The van der Waals surface area contributed by atoms with Crippen molar-refractivity contribution in [3.05, 3.63) is 194 Å². The van der Waals surface area contributed by atoms with Crippen molar-refractivity contribution in [2.75, 3.05) is 0 Å². The number of aryl methyl sites for hydroxylation is 1. The molecule has 0 amide bonds. The Morgan fingerprint density at radius 2 is 0.408 bits per heavy atom. The Hall–Kier alpha value is -5.98. The van der Waals surface area contributed by atoms with Crippen molar-refractivity contribution >= 4 is 43.1 Å². The first-order valence-electron chi connectivity index (χ1n) is 17.3. The maximum Gasteiger partial charge on any atom is -0.00264 e. The number of fused-ring (bicyclic) bond motifs is 4. The molecule has 0 nitrogen and oxygen atoms in total. The van der Waals surface area contributed by atoms with Crippen LogP contribution in [0, 0.1) is 6.92 Å². The van der Waals surface area contributed by atoms with Crippen LogP contribution in [0.2, 0.25) is 0 Å². The average Bonchev–Trinajstić information content (AvgIpc) is 3.19. The summed E-state index contributed by atoms with van der Waals surface area (Å²) >= 11 is 0. The van der Waals surface area contributed by atoms with Crippen LogP contribution in [0.15, 0.2) is 188 Å². The zero-order chi connectivity index (χ0) is 33.6. The molecule has 0 saturated carbocycles. The van der Waals surface area contributed by atoms with E-state index in [1.54, 1.807) is 0 Å². The Balaban J connectivity index is 0.000000150. The molecule has 0 aliphatic rings. The fraction of sp³-hybridized carbons (Fsp3) is 0.0612. The van der Waals surface area contributed by atoms with Gasteiger partial charge in [-0.05, 0) is 89.0 Å². The maximum atomic E-state index is 2.25. The molecule has 9 aromatic rings. The topological polar surface area (TPSA) is 0 Å². The highest BCUT2D eigenvalue weighted by molar-refractivity contribution is 6.21. The van der Waals surface area contributed by atoms with Gasteiger partial charge in [0.15, 0.2) is 0 Å². The van der Waals surface area contributed by atoms with Crippen LogP contribution >= 0.6 is 0 Å². The molecule has 0 aliphatic heterocycles. The van der Waals surface area contributed by atoms with Gasteiger partial charge in [0.25, 0.3) is 0 Å². The third-order valence-electron chi connectivity index (χ3n) is 9.32. The highest BCUT2D eigenvalue weighted by atomic mass is 14.2. The zero-order valence-corrected chi connectivity index (χ0v) is 28.4. The number of benzene rings is 9. The quantitative estimate of drug-likeness (QED) is 0.171. The maximum absolute atomic E-state index is 2.25. The smallest absolute Gasteiger partial charge is 0.00264 e. The van der Waals surface area contributed by atoms with Crippen molar-refractivity contribution in [3.8, 4) is 33.4 Å². The van der Waals surface area contributed by atoms with Gasteiger partial charge < -0.3 is 0 Å². The lowest BCUT2D eigenvalue weighted by atomic mass is 9.86. The first kappa shape index (κ1) is 31.6. The van der Waals surface area contributed by atoms with Crippen molar-refractivity contribution in [3.63, 3.8) is 0 Å². The number of hydrogen-bond donors (Lipinski definition) is 0. The van der Waals surface area contributed by atoms with Crippen LogP contribution < -0.4 is 0 Å². The Morgan fingerprint density at radius 3 is 0.653 bits per heavy atom. The highest BCUT2D eigenvalue weighted by Crippen LogP contribution is 2.43. The standard InChI is InChI=1S/C26H18.C21H16.C2H6/c1-3-11-19(12-4-1)25-21-15-7-9-17-23(21)26(20-13-5-2-6-14-20)24-18-10-8-16-22(24)25;1-15-17-11-5-7-13-19(17)21(16-9-3-2-4-10-16)20-14-8-6-12-18(15)20;1-2/h1-18H;2-14H,1H3;1-2H3. The molecule has 9 rings (SSSR count). The molecule has 236 valence electrons. The van der Waals surface area contributed by atoms with Gasteiger partial charge in [-0.1, -0.05) is 202 Å². The second kappa shape index (κ2) is 14.4. The molecule has 0 heteroatoms. The predicted octanol–water partition coefficient (Wildman–Crippen LogP) is 14.3. The molecule has 49 heavy (non-hydrogen) atoms. The molecule has 0 fully saturated rings. The number of rotatable bonds is 3. The molecule has 0 heterocycles. The van der Waals surface area contributed by atoms with Crippen LogP contribution in [-0.4, -0.2) is 0 Å². The summed E-state index contributed by atoms with van der Waals surface area (Å²) in [5.74, 6) is 0. The molecule has 0 atom stereocenters. The van der Waals surface area contributed by atoms with Crippen molar-refractivity contribution < 1.29 is 0 Å². The minimum Gasteiger partial charge on any atom is -0.0683 e. The first-order valence-corrected chi connectivity index (χ1v) is 17.3. The predicted molar refractivity (Wildman–Crippen MR) is 215 cm³/mol. The fourth-order valence-electron chi connectivity index (χ4n) is 7.22. The normalized spacial score (nSPS) is 10.8. The van der Waals surface area contributed by atoms with E-state index >= 15 is 0 Å². The SMILES string of the molecule is CC.Cc1c2ccccc2c(-c2ccccc2)c2ccccc12.c1ccc(-c2c3ccccc3c(-c3ccccc3)c3ccccc23)cc1. The molecule has 0 aromatic heterocycles. The van der Waals surface area contributed by atoms with E-state index < -0.39 is 0 Å². The Labute approximate surface area is 289 Å². The van der Waals surface area contributed by atoms with E-state index in [1.165, 1.54) is 82.0 Å². The Kier molecular flexibility index (Phi) is 9.30. The summed E-state index contributed by atoms with van der Waals surface area (Å²) in [5, 5.41) is 10.6. The van der Waals surface area contributed by atoms with Gasteiger partial charge in [-0.15, -0.1) is 0 Å². The third kappa shape index (κ3) is 5.99. The van der Waals surface area contributed by atoms with E-state index in [9.17, 15) is 0 Å². The molecular weight excluding hydrogens is 589 g/mol. The van der Waals surface area contributed by atoms with Crippen LogP contribution in [-0.2, 0) is 0 Å². The summed E-state index contributed by atoms with van der Waals surface area (Å²) < 4.78 is 0. The van der Waals surface area contributed by atoms with E-state index in [1.807, 2.05) is 13.8 Å². The molecule has 0 spiro atoms. The van der Waals surface area contributed by atoms with Crippen LogP contribution in [0.4, 0.5) is 0 Å². The molecule has 0 bridgehead atoms. The molecule has 0 saturated heterocycles. The monoisotopic (exact) mass is 628 g/mol. The molecule has 0 radical (unpaired) electrons. The Bertz CT molecular complexity index is 2280. The summed E-state index contributed by atoms with van der Waals surface area (Å²) in [6.45, 7) is 6.22. The molecule has 0 unspecified atom stereocenters. The second-order valence-electron chi connectivity index (χ2n) is 12.0. The summed E-state index contributed by atoms with van der Waals surface area (Å²) in [6, 6.07) is 67.1. The summed E-state index contributed by atoms with van der Waals surface area (Å²) in [5.41, 5.74) is 9.14. The van der Waals surface area contributed by atoms with Gasteiger partial charge in [-0.3, -0.25) is 0 Å². The van der Waals surface area contributed by atoms with Crippen molar-refractivity contribution in [1.29, 1.82) is 0 Å². The van der Waals surface area contributed by atoms with Gasteiger partial charge in [0.1, 0.15) is 0 Å². The van der Waals surface area contributed by atoms with Gasteiger partial charge in [0.05, 0.1) is 0 Å². The van der Waals surface area contributed by atoms with Crippen LogP contribution in [0.25, 0.3) is 76.5 Å². The van der Waals surface area contributed by atoms with Crippen LogP contribution in [0.1, 0.15) is 19.4 Å². The van der Waals surface area contributed by atoms with Gasteiger partial charge in [0.2, 0.25) is 0 Å². The summed E-state index contributed by atoms with van der Waals surface area (Å²) in [7, 11) is 0. The van der Waals surface area contributed by atoms with Gasteiger partial charge in [-0.2, -0.15) is 0 Å². The van der Waals surface area contributed by atoms with Crippen molar-refractivity contribution in [1.82, 2.24) is 0 Å². The first-order chi connectivity index (χ1) is 24.3. The fourth-order valence-corrected chi connectivity index (χ4v) is 7.22. The van der Waals surface area contributed by atoms with E-state index in [-0.39, 0.29) is 0 Å². The van der Waals surface area contributed by atoms with Gasteiger partial charge >= 0.3 is 0 Å². The van der Waals surface area contributed by atoms with E-state index in [0.29, 0.717) is 0 Å². The van der Waals surface area contributed by atoms with Gasteiger partial charge in [0, 0.05) is 0 Å². The van der Waals surface area contributed by atoms with Crippen LogP contribution in [0.5, 0.6) is 0 Å². The van der Waals surface area contributed by atoms with Crippen molar-refractivity contribution in [2.45, 2.75) is 20.8 Å². The molecule has 0 N–H and O–H groups in total. The zero-order valence-electron chi connectivity index (χ0n) is 28.4. The minimum atomic E-state index is 1.26. The summed E-state index contributed by atoms with van der Waals surface area (Å²) in [6.07, 6.45) is 0. The van der Waals surface area contributed by atoms with E-state index in [2.05, 4.69) is 195 Å². The molecule has 9 aromatic carbocycles. The molecule has 0 aliphatic carbocycles. The van der Waals surface area contributed by atoms with E-state index in [4.69, 9.17) is 0 Å². The lowest BCUT2D eigenvalue weighted by Gasteiger charge is -2.17. The lowest BCUT2D eigenvalue weighted by molar-refractivity contribution is 1.50. The van der Waals surface area contributed by atoms with Crippen LogP contribution in [0.3, 0.4) is 0 Å². The van der Waals surface area contributed by atoms with Gasteiger partial charge in [-0.25, -0.2) is 0 Å². The lowest BCUT2D eigenvalue weighted by Crippen LogP contribution is -1.90. The highest BCUT2D eigenvalue weighted by Gasteiger charge is 2.16. The Morgan fingerprint density at radius 1 is 0.224 bits per heavy atom. The van der Waals surface area contributed by atoms with E-state index in [0.717, 1.165) is 0 Å². The van der Waals surface area contributed by atoms with Crippen molar-refractivity contribution in [2.24, 2.45) is 0 Å². The second-order valence-corrected chi connectivity index (χ2v) is 12.0. The molecular formula is C49H40.